The Morgan fingerprint density at radius 3 is 2.61 bits per heavy atom. The number of aliphatic carboxylic acids is 1. The average molecular weight is 396 g/mol. The van der Waals surface area contributed by atoms with E-state index in [9.17, 15) is 9.59 Å². The van der Waals surface area contributed by atoms with Crippen LogP contribution in [0.1, 0.15) is 23.6 Å². The summed E-state index contributed by atoms with van der Waals surface area (Å²) in [6.45, 7) is 5.49. The van der Waals surface area contributed by atoms with Crippen LogP contribution in [0.5, 0.6) is 5.75 Å². The first-order valence-corrected chi connectivity index (χ1v) is 9.50. The second-order valence-electron chi connectivity index (χ2n) is 6.37. The van der Waals surface area contributed by atoms with Crippen molar-refractivity contribution in [2.24, 2.45) is 4.99 Å². The molecule has 0 saturated carbocycles. The molecule has 1 aliphatic heterocycles. The van der Waals surface area contributed by atoms with Gasteiger partial charge in [-0.25, -0.2) is 9.79 Å². The number of amides is 1. The Morgan fingerprint density at radius 2 is 1.93 bits per heavy atom. The number of nitrogens with zero attached hydrogens (tertiary/aromatic N) is 1. The van der Waals surface area contributed by atoms with E-state index in [4.69, 9.17) is 9.84 Å². The van der Waals surface area contributed by atoms with E-state index in [1.807, 2.05) is 32.0 Å². The Kier molecular flexibility index (Phi) is 5.84. The first-order chi connectivity index (χ1) is 13.3. The van der Waals surface area contributed by atoms with Crippen LogP contribution < -0.4 is 10.1 Å². The van der Waals surface area contributed by atoms with Crippen LogP contribution in [-0.4, -0.2) is 28.3 Å². The number of carbonyl (C=O) groups excluding carboxylic acids is 1. The number of carbonyl (C=O) groups is 2. The van der Waals surface area contributed by atoms with Gasteiger partial charge in [0.05, 0.1) is 10.6 Å². The number of amidine groups is 1. The summed E-state index contributed by atoms with van der Waals surface area (Å²) in [5, 5.41) is 12.2. The van der Waals surface area contributed by atoms with E-state index in [1.54, 1.807) is 30.3 Å². The lowest BCUT2D eigenvalue weighted by Gasteiger charge is -2.10. The number of carboxylic acid groups (broad SMARTS) is 1. The molecule has 1 atom stereocenters. The number of aliphatic imine (C=N–C) groups is 1. The number of rotatable bonds is 5. The summed E-state index contributed by atoms with van der Waals surface area (Å²) in [6.07, 6.45) is 0.833. The molecule has 0 spiro atoms. The van der Waals surface area contributed by atoms with E-state index >= 15 is 0 Å². The second-order valence-corrected chi connectivity index (χ2v) is 7.40. The zero-order valence-corrected chi connectivity index (χ0v) is 16.5. The third-order valence-electron chi connectivity index (χ3n) is 4.29. The predicted octanol–water partition coefficient (Wildman–Crippen LogP) is 4.05. The summed E-state index contributed by atoms with van der Waals surface area (Å²) in [4.78, 5) is 28.2. The van der Waals surface area contributed by atoms with Crippen molar-refractivity contribution in [2.75, 3.05) is 0 Å². The maximum Gasteiger partial charge on any atom is 0.344 e. The molecule has 1 aliphatic rings. The van der Waals surface area contributed by atoms with Crippen molar-refractivity contribution < 1.29 is 19.4 Å². The average Bonchev–Trinajstić information content (AvgIpc) is 2.99. The molecule has 0 aromatic heterocycles. The van der Waals surface area contributed by atoms with Gasteiger partial charge in [0.1, 0.15) is 5.75 Å². The van der Waals surface area contributed by atoms with Crippen molar-refractivity contribution in [2.45, 2.75) is 26.9 Å². The summed E-state index contributed by atoms with van der Waals surface area (Å²) in [7, 11) is 0. The van der Waals surface area contributed by atoms with E-state index in [0.717, 1.165) is 22.4 Å². The van der Waals surface area contributed by atoms with Crippen molar-refractivity contribution >= 4 is 40.6 Å². The van der Waals surface area contributed by atoms with Crippen molar-refractivity contribution in [1.82, 2.24) is 5.32 Å². The van der Waals surface area contributed by atoms with E-state index < -0.39 is 12.1 Å². The maximum absolute atomic E-state index is 12.2. The zero-order valence-electron chi connectivity index (χ0n) is 15.7. The molecule has 0 unspecified atom stereocenters. The Labute approximate surface area is 167 Å². The van der Waals surface area contributed by atoms with Crippen LogP contribution in [-0.2, 0) is 9.59 Å². The highest BCUT2D eigenvalue weighted by molar-refractivity contribution is 8.18. The smallest absolute Gasteiger partial charge is 0.344 e. The van der Waals surface area contributed by atoms with Gasteiger partial charge in [0, 0.05) is 0 Å². The molecule has 1 saturated heterocycles. The Bertz CT molecular complexity index is 980. The minimum Gasteiger partial charge on any atom is -0.479 e. The van der Waals surface area contributed by atoms with Crippen LogP contribution in [0.2, 0.25) is 0 Å². The van der Waals surface area contributed by atoms with Crippen molar-refractivity contribution in [3.05, 3.63) is 64.1 Å². The molecule has 0 bridgehead atoms. The molecular formula is C21H20N2O4S. The number of hydrogen-bond acceptors (Lipinski definition) is 5. The summed E-state index contributed by atoms with van der Waals surface area (Å²) in [5.74, 6) is -0.771. The van der Waals surface area contributed by atoms with Gasteiger partial charge in [-0.3, -0.25) is 4.79 Å². The lowest BCUT2D eigenvalue weighted by Crippen LogP contribution is -2.22. The molecule has 7 heteroatoms. The van der Waals surface area contributed by atoms with Crippen LogP contribution in [0.4, 0.5) is 5.69 Å². The molecule has 0 aliphatic carbocycles. The Morgan fingerprint density at radius 1 is 1.21 bits per heavy atom. The summed E-state index contributed by atoms with van der Waals surface area (Å²) < 4.78 is 5.30. The predicted molar refractivity (Wildman–Crippen MR) is 111 cm³/mol. The van der Waals surface area contributed by atoms with Gasteiger partial charge in [0.2, 0.25) is 0 Å². The number of thioether (sulfide) groups is 1. The molecule has 1 amide bonds. The van der Waals surface area contributed by atoms with Crippen LogP contribution in [0.3, 0.4) is 0 Å². The standard InChI is InChI=1S/C21H20N2O4S/c1-12-5-4-6-17(13(12)2)22-21-23-19(24)18(28-21)11-15-7-9-16(10-8-15)27-14(3)20(25)26/h4-11,14H,1-3H3,(H,25,26)(H,22,23,24)/b18-11-/t14-/m0/s1. The van der Waals surface area contributed by atoms with Crippen molar-refractivity contribution in [3.8, 4) is 5.75 Å². The van der Waals surface area contributed by atoms with Crippen LogP contribution in [0, 0.1) is 13.8 Å². The first-order valence-electron chi connectivity index (χ1n) is 8.69. The molecule has 0 radical (unpaired) electrons. The van der Waals surface area contributed by atoms with Crippen LogP contribution >= 0.6 is 11.8 Å². The minimum absolute atomic E-state index is 0.200. The summed E-state index contributed by atoms with van der Waals surface area (Å²) in [6, 6.07) is 12.8. The monoisotopic (exact) mass is 396 g/mol. The van der Waals surface area contributed by atoms with E-state index in [0.29, 0.717) is 15.8 Å². The van der Waals surface area contributed by atoms with Gasteiger partial charge in [-0.2, -0.15) is 0 Å². The largest absolute Gasteiger partial charge is 0.479 e. The van der Waals surface area contributed by atoms with Crippen molar-refractivity contribution in [3.63, 3.8) is 0 Å². The molecule has 6 nitrogen and oxygen atoms in total. The third-order valence-corrected chi connectivity index (χ3v) is 5.20. The van der Waals surface area contributed by atoms with Gasteiger partial charge in [0.15, 0.2) is 11.3 Å². The first kappa shape index (κ1) is 19.7. The number of nitrogens with one attached hydrogen (secondary N) is 1. The second kappa shape index (κ2) is 8.31. The van der Waals surface area contributed by atoms with E-state index in [1.165, 1.54) is 18.7 Å². The number of benzene rings is 2. The van der Waals surface area contributed by atoms with Gasteiger partial charge in [-0.05, 0) is 73.5 Å². The van der Waals surface area contributed by atoms with Crippen LogP contribution in [0.25, 0.3) is 6.08 Å². The molecule has 2 aromatic rings. The molecule has 1 fully saturated rings. The fourth-order valence-electron chi connectivity index (χ4n) is 2.50. The highest BCUT2D eigenvalue weighted by Gasteiger charge is 2.24. The summed E-state index contributed by atoms with van der Waals surface area (Å²) in [5.41, 5.74) is 3.86. The van der Waals surface area contributed by atoms with Gasteiger partial charge in [-0.15, -0.1) is 0 Å². The topological polar surface area (TPSA) is 88.0 Å². The third kappa shape index (κ3) is 4.61. The molecule has 28 heavy (non-hydrogen) atoms. The zero-order chi connectivity index (χ0) is 20.3. The quantitative estimate of drug-likeness (QED) is 0.745. The molecule has 2 N–H and O–H groups in total. The fourth-order valence-corrected chi connectivity index (χ4v) is 3.33. The van der Waals surface area contributed by atoms with Gasteiger partial charge < -0.3 is 15.2 Å². The van der Waals surface area contributed by atoms with Gasteiger partial charge in [0.25, 0.3) is 5.91 Å². The highest BCUT2D eigenvalue weighted by atomic mass is 32.2. The maximum atomic E-state index is 12.2. The number of ether oxygens (including phenoxy) is 1. The van der Waals surface area contributed by atoms with Gasteiger partial charge in [-0.1, -0.05) is 24.3 Å². The molecular weight excluding hydrogens is 376 g/mol. The van der Waals surface area contributed by atoms with E-state index in [-0.39, 0.29) is 5.91 Å². The SMILES string of the molecule is Cc1cccc(N=C2NC(=O)/C(=C/c3ccc(O[C@@H](C)C(=O)O)cc3)S2)c1C. The molecule has 144 valence electrons. The summed E-state index contributed by atoms with van der Waals surface area (Å²) >= 11 is 1.28. The Hall–Kier alpha value is -3.06. The normalized spacial score (nSPS) is 17.6. The lowest BCUT2D eigenvalue weighted by atomic mass is 10.1. The number of hydrogen-bond donors (Lipinski definition) is 2. The number of aryl methyl sites for hydroxylation is 1. The molecule has 1 heterocycles. The Balaban J connectivity index is 1.74. The molecule has 2 aromatic carbocycles. The van der Waals surface area contributed by atoms with Crippen molar-refractivity contribution in [1.29, 1.82) is 0 Å². The van der Waals surface area contributed by atoms with E-state index in [2.05, 4.69) is 10.3 Å². The molecule has 3 rings (SSSR count). The highest BCUT2D eigenvalue weighted by Crippen LogP contribution is 2.30. The fraction of sp³-hybridized carbons (Fsp3) is 0.190. The lowest BCUT2D eigenvalue weighted by molar-refractivity contribution is -0.144. The minimum atomic E-state index is -1.03. The van der Waals surface area contributed by atoms with Gasteiger partial charge >= 0.3 is 5.97 Å². The number of carboxylic acids is 1. The van der Waals surface area contributed by atoms with Crippen LogP contribution in [0.15, 0.2) is 52.4 Å².